The topological polar surface area (TPSA) is 12.0 Å². The van der Waals surface area contributed by atoms with E-state index >= 15 is 0 Å². The molecule has 1 nitrogen and oxygen atoms in total. The van der Waals surface area contributed by atoms with Gasteiger partial charge in [0.05, 0.1) is 0 Å². The van der Waals surface area contributed by atoms with Gasteiger partial charge in [-0.05, 0) is 59.2 Å². The van der Waals surface area contributed by atoms with Crippen LogP contribution >= 0.6 is 22.6 Å². The first kappa shape index (κ1) is 12.4. The Morgan fingerprint density at radius 2 is 1.82 bits per heavy atom. The lowest BCUT2D eigenvalue weighted by Gasteiger charge is -2.08. The van der Waals surface area contributed by atoms with Crippen molar-refractivity contribution in [3.63, 3.8) is 0 Å². The van der Waals surface area contributed by atoms with Gasteiger partial charge in [0.1, 0.15) is 0 Å². The molecule has 0 aromatic heterocycles. The highest BCUT2D eigenvalue weighted by atomic mass is 127. The van der Waals surface area contributed by atoms with Gasteiger partial charge in [-0.2, -0.15) is 0 Å². The normalized spacial score (nSPS) is 10.2. The summed E-state index contributed by atoms with van der Waals surface area (Å²) in [7, 11) is 0. The summed E-state index contributed by atoms with van der Waals surface area (Å²) in [5.41, 5.74) is 3.91. The molecule has 17 heavy (non-hydrogen) atoms. The van der Waals surface area contributed by atoms with Crippen LogP contribution in [-0.4, -0.2) is 6.54 Å². The predicted octanol–water partition coefficient (Wildman–Crippen LogP) is 4.25. The molecule has 0 bridgehead atoms. The molecule has 2 heteroatoms. The predicted molar refractivity (Wildman–Crippen MR) is 82.5 cm³/mol. The van der Waals surface area contributed by atoms with E-state index in [0.29, 0.717) is 0 Å². The third kappa shape index (κ3) is 3.73. The minimum Gasteiger partial charge on any atom is -0.385 e. The fraction of sp³-hybridized carbons (Fsp3) is 0.200. The fourth-order valence-electron chi connectivity index (χ4n) is 1.70. The number of anilines is 1. The van der Waals surface area contributed by atoms with Crippen LogP contribution < -0.4 is 5.32 Å². The van der Waals surface area contributed by atoms with Gasteiger partial charge in [0.25, 0.3) is 0 Å². The number of halogens is 1. The van der Waals surface area contributed by atoms with Crippen LogP contribution in [-0.2, 0) is 6.42 Å². The molecule has 0 radical (unpaired) electrons. The maximum absolute atomic E-state index is 3.46. The Bertz CT molecular complexity index is 480. The lowest BCUT2D eigenvalue weighted by atomic mass is 10.1. The van der Waals surface area contributed by atoms with Crippen LogP contribution in [0.3, 0.4) is 0 Å². The van der Waals surface area contributed by atoms with Gasteiger partial charge in [-0.15, -0.1) is 0 Å². The monoisotopic (exact) mass is 337 g/mol. The zero-order valence-corrected chi connectivity index (χ0v) is 12.1. The van der Waals surface area contributed by atoms with Gasteiger partial charge in [-0.3, -0.25) is 0 Å². The Balaban J connectivity index is 1.88. The summed E-state index contributed by atoms with van der Waals surface area (Å²) in [5, 5.41) is 3.46. The molecule has 0 aliphatic rings. The van der Waals surface area contributed by atoms with Crippen LogP contribution in [0.4, 0.5) is 5.69 Å². The van der Waals surface area contributed by atoms with E-state index in [1.54, 1.807) is 0 Å². The summed E-state index contributed by atoms with van der Waals surface area (Å²) in [5.74, 6) is 0. The van der Waals surface area contributed by atoms with E-state index in [1.807, 2.05) is 0 Å². The lowest BCUT2D eigenvalue weighted by molar-refractivity contribution is 1.02. The van der Waals surface area contributed by atoms with E-state index < -0.39 is 0 Å². The van der Waals surface area contributed by atoms with Crippen LogP contribution in [0.15, 0.2) is 48.5 Å². The number of aryl methyl sites for hydroxylation is 1. The Kier molecular flexibility index (Phi) is 4.42. The van der Waals surface area contributed by atoms with E-state index in [1.165, 1.54) is 20.4 Å². The van der Waals surface area contributed by atoms with Crippen molar-refractivity contribution in [2.45, 2.75) is 13.3 Å². The molecular weight excluding hydrogens is 321 g/mol. The lowest BCUT2D eigenvalue weighted by Crippen LogP contribution is -2.04. The highest BCUT2D eigenvalue weighted by molar-refractivity contribution is 14.1. The second-order valence-electron chi connectivity index (χ2n) is 4.13. The first-order valence-electron chi connectivity index (χ1n) is 5.79. The molecule has 0 amide bonds. The van der Waals surface area contributed by atoms with Crippen molar-refractivity contribution in [2.75, 3.05) is 11.9 Å². The Morgan fingerprint density at radius 1 is 1.06 bits per heavy atom. The Hall–Kier alpha value is -1.03. The number of hydrogen-bond donors (Lipinski definition) is 1. The third-order valence-corrected chi connectivity index (χ3v) is 3.92. The van der Waals surface area contributed by atoms with Gasteiger partial charge >= 0.3 is 0 Å². The maximum Gasteiger partial charge on any atom is 0.0351 e. The van der Waals surface area contributed by atoms with E-state index in [9.17, 15) is 0 Å². The summed E-state index contributed by atoms with van der Waals surface area (Å²) in [6, 6.07) is 17.1. The number of nitrogens with one attached hydrogen (secondary N) is 1. The molecule has 0 heterocycles. The molecule has 2 rings (SSSR count). The third-order valence-electron chi connectivity index (χ3n) is 2.76. The molecule has 0 fully saturated rings. The fourth-order valence-corrected chi connectivity index (χ4v) is 2.21. The highest BCUT2D eigenvalue weighted by Gasteiger charge is 1.97. The molecule has 0 aliphatic heterocycles. The zero-order chi connectivity index (χ0) is 12.1. The van der Waals surface area contributed by atoms with Crippen molar-refractivity contribution in [2.24, 2.45) is 0 Å². The van der Waals surface area contributed by atoms with Crippen molar-refractivity contribution in [3.8, 4) is 0 Å². The van der Waals surface area contributed by atoms with E-state index in [-0.39, 0.29) is 0 Å². The van der Waals surface area contributed by atoms with Gasteiger partial charge in [0.2, 0.25) is 0 Å². The smallest absolute Gasteiger partial charge is 0.0351 e. The van der Waals surface area contributed by atoms with Crippen molar-refractivity contribution in [1.29, 1.82) is 0 Å². The van der Waals surface area contributed by atoms with Crippen LogP contribution in [0.25, 0.3) is 0 Å². The molecule has 2 aromatic carbocycles. The Labute approximate surface area is 116 Å². The van der Waals surface area contributed by atoms with Crippen LogP contribution in [0.5, 0.6) is 0 Å². The maximum atomic E-state index is 3.46. The minimum atomic E-state index is 0.975. The summed E-state index contributed by atoms with van der Waals surface area (Å²) in [6.07, 6.45) is 1.06. The van der Waals surface area contributed by atoms with E-state index in [2.05, 4.69) is 83.4 Å². The first-order chi connectivity index (χ1) is 8.25. The minimum absolute atomic E-state index is 0.975. The van der Waals surface area contributed by atoms with Gasteiger partial charge in [0, 0.05) is 15.8 Å². The average molecular weight is 337 g/mol. The molecule has 0 atom stereocenters. The summed E-state index contributed by atoms with van der Waals surface area (Å²) < 4.78 is 1.31. The summed E-state index contributed by atoms with van der Waals surface area (Å²) in [6.45, 7) is 3.11. The average Bonchev–Trinajstić information content (AvgIpc) is 2.35. The standard InChI is InChI=1S/C15H16IN/c1-12-7-8-14(11-15(12)16)17-10-9-13-5-3-2-4-6-13/h2-8,11,17H,9-10H2,1H3. The number of hydrogen-bond acceptors (Lipinski definition) is 1. The van der Waals surface area contributed by atoms with Gasteiger partial charge in [-0.25, -0.2) is 0 Å². The van der Waals surface area contributed by atoms with Crippen molar-refractivity contribution >= 4 is 28.3 Å². The molecule has 0 saturated carbocycles. The van der Waals surface area contributed by atoms with Gasteiger partial charge in [0.15, 0.2) is 0 Å². The molecule has 1 N–H and O–H groups in total. The summed E-state index contributed by atoms with van der Waals surface area (Å²) >= 11 is 2.37. The number of rotatable bonds is 4. The molecule has 0 saturated heterocycles. The summed E-state index contributed by atoms with van der Waals surface area (Å²) in [4.78, 5) is 0. The van der Waals surface area contributed by atoms with Crippen molar-refractivity contribution < 1.29 is 0 Å². The second kappa shape index (κ2) is 6.05. The second-order valence-corrected chi connectivity index (χ2v) is 5.29. The van der Waals surface area contributed by atoms with Crippen LogP contribution in [0.2, 0.25) is 0 Å². The van der Waals surface area contributed by atoms with Crippen molar-refractivity contribution in [3.05, 3.63) is 63.2 Å². The van der Waals surface area contributed by atoms with Gasteiger partial charge < -0.3 is 5.32 Å². The van der Waals surface area contributed by atoms with E-state index in [0.717, 1.165) is 13.0 Å². The molecule has 2 aromatic rings. The Morgan fingerprint density at radius 3 is 2.53 bits per heavy atom. The first-order valence-corrected chi connectivity index (χ1v) is 6.87. The largest absolute Gasteiger partial charge is 0.385 e. The quantitative estimate of drug-likeness (QED) is 0.823. The van der Waals surface area contributed by atoms with Crippen LogP contribution in [0.1, 0.15) is 11.1 Å². The zero-order valence-electron chi connectivity index (χ0n) is 9.91. The molecule has 0 aliphatic carbocycles. The van der Waals surface area contributed by atoms with E-state index in [4.69, 9.17) is 0 Å². The SMILES string of the molecule is Cc1ccc(NCCc2ccccc2)cc1I. The molecular formula is C15H16IN. The molecule has 0 spiro atoms. The number of benzene rings is 2. The van der Waals surface area contributed by atoms with Crippen molar-refractivity contribution in [1.82, 2.24) is 0 Å². The highest BCUT2D eigenvalue weighted by Crippen LogP contribution is 2.17. The van der Waals surface area contributed by atoms with Gasteiger partial charge in [-0.1, -0.05) is 36.4 Å². The molecule has 0 unspecified atom stereocenters. The van der Waals surface area contributed by atoms with Crippen LogP contribution in [0, 0.1) is 10.5 Å². The molecule has 88 valence electrons.